The molecule has 3 nitrogen and oxygen atoms in total. The number of hydrogen-bond donors (Lipinski definition) is 1. The lowest BCUT2D eigenvalue weighted by atomic mass is 10.1. The van der Waals surface area contributed by atoms with Crippen LogP contribution in [0.4, 0.5) is 5.13 Å². The Balaban J connectivity index is 1.58. The first-order chi connectivity index (χ1) is 12.1. The van der Waals surface area contributed by atoms with E-state index in [9.17, 15) is 4.79 Å². The van der Waals surface area contributed by atoms with E-state index < -0.39 is 0 Å². The third kappa shape index (κ3) is 3.18. The number of thiazole rings is 1. The summed E-state index contributed by atoms with van der Waals surface area (Å²) in [5, 5.41) is 6.75. The van der Waals surface area contributed by atoms with Crippen LogP contribution in [-0.4, -0.2) is 10.9 Å². The average molecular weight is 385 g/mol. The van der Waals surface area contributed by atoms with Crippen LogP contribution >= 0.6 is 34.3 Å². The molecule has 0 spiro atoms. The highest BCUT2D eigenvalue weighted by Crippen LogP contribution is 2.36. The average Bonchev–Trinajstić information content (AvgIpc) is 3.21. The maximum absolute atomic E-state index is 12.6. The lowest BCUT2D eigenvalue weighted by Crippen LogP contribution is -2.10. The van der Waals surface area contributed by atoms with Gasteiger partial charge in [0.15, 0.2) is 5.13 Å². The van der Waals surface area contributed by atoms with Crippen LogP contribution in [0.5, 0.6) is 0 Å². The molecule has 2 aromatic carbocycles. The molecular weight excluding hydrogens is 372 g/mol. The topological polar surface area (TPSA) is 42.0 Å². The van der Waals surface area contributed by atoms with Crippen molar-refractivity contribution in [2.24, 2.45) is 0 Å². The molecule has 4 aromatic rings. The fraction of sp³-hybridized carbons (Fsp3) is 0.0526. The van der Waals surface area contributed by atoms with Gasteiger partial charge in [0, 0.05) is 21.0 Å². The standard InChI is InChI=1S/C19H13ClN2OS2/c1-11-6-8-12(9-7-11)14-10-24-19(21-14)22-18(23)17-16(20)13-4-2-3-5-15(13)25-17/h2-10H,1H3,(H,21,22,23). The Labute approximate surface area is 157 Å². The number of benzene rings is 2. The van der Waals surface area contributed by atoms with Gasteiger partial charge in [-0.2, -0.15) is 0 Å². The molecule has 0 saturated heterocycles. The van der Waals surface area contributed by atoms with E-state index in [1.54, 1.807) is 0 Å². The van der Waals surface area contributed by atoms with Crippen molar-refractivity contribution in [2.45, 2.75) is 6.92 Å². The Morgan fingerprint density at radius 1 is 1.12 bits per heavy atom. The van der Waals surface area contributed by atoms with Gasteiger partial charge in [-0.15, -0.1) is 22.7 Å². The lowest BCUT2D eigenvalue weighted by Gasteiger charge is -2.00. The maximum atomic E-state index is 12.6. The summed E-state index contributed by atoms with van der Waals surface area (Å²) in [4.78, 5) is 17.6. The number of nitrogens with one attached hydrogen (secondary N) is 1. The Bertz CT molecular complexity index is 1070. The van der Waals surface area contributed by atoms with Gasteiger partial charge in [-0.1, -0.05) is 59.6 Å². The first kappa shape index (κ1) is 16.3. The van der Waals surface area contributed by atoms with Crippen molar-refractivity contribution in [3.63, 3.8) is 0 Å². The van der Waals surface area contributed by atoms with E-state index in [0.717, 1.165) is 21.3 Å². The van der Waals surface area contributed by atoms with Crippen molar-refractivity contribution in [2.75, 3.05) is 5.32 Å². The van der Waals surface area contributed by atoms with Crippen LogP contribution in [-0.2, 0) is 0 Å². The predicted molar refractivity (Wildman–Crippen MR) is 107 cm³/mol. The predicted octanol–water partition coefficient (Wildman–Crippen LogP) is 6.24. The highest BCUT2D eigenvalue weighted by molar-refractivity contribution is 7.21. The van der Waals surface area contributed by atoms with Crippen LogP contribution in [0.15, 0.2) is 53.9 Å². The molecule has 2 aromatic heterocycles. The first-order valence-electron chi connectivity index (χ1n) is 7.63. The van der Waals surface area contributed by atoms with E-state index in [-0.39, 0.29) is 5.91 Å². The monoisotopic (exact) mass is 384 g/mol. The van der Waals surface area contributed by atoms with Gasteiger partial charge >= 0.3 is 0 Å². The van der Waals surface area contributed by atoms with E-state index in [0.29, 0.717) is 15.0 Å². The quantitative estimate of drug-likeness (QED) is 0.454. The smallest absolute Gasteiger partial charge is 0.269 e. The largest absolute Gasteiger partial charge is 0.297 e. The van der Waals surface area contributed by atoms with Crippen LogP contribution < -0.4 is 5.32 Å². The fourth-order valence-electron chi connectivity index (χ4n) is 2.50. The van der Waals surface area contributed by atoms with Gasteiger partial charge in [-0.25, -0.2) is 4.98 Å². The number of rotatable bonds is 3. The van der Waals surface area contributed by atoms with Crippen molar-refractivity contribution in [3.05, 3.63) is 69.4 Å². The summed E-state index contributed by atoms with van der Waals surface area (Å²) >= 11 is 9.16. The Morgan fingerprint density at radius 3 is 2.64 bits per heavy atom. The van der Waals surface area contributed by atoms with Crippen molar-refractivity contribution in [1.82, 2.24) is 4.98 Å². The molecule has 4 rings (SSSR count). The van der Waals surface area contributed by atoms with Gasteiger partial charge in [0.1, 0.15) is 4.88 Å². The second-order valence-electron chi connectivity index (χ2n) is 5.60. The minimum absolute atomic E-state index is 0.226. The Kier molecular flexibility index (Phi) is 4.29. The summed E-state index contributed by atoms with van der Waals surface area (Å²) in [7, 11) is 0. The Hall–Kier alpha value is -2.21. The van der Waals surface area contributed by atoms with Crippen molar-refractivity contribution < 1.29 is 4.79 Å². The molecule has 0 aliphatic rings. The molecule has 0 atom stereocenters. The molecule has 0 unspecified atom stereocenters. The van der Waals surface area contributed by atoms with Gasteiger partial charge in [-0.3, -0.25) is 10.1 Å². The number of aromatic nitrogens is 1. The number of nitrogens with zero attached hydrogens (tertiary/aromatic N) is 1. The molecule has 0 fully saturated rings. The number of carbonyl (C=O) groups is 1. The second kappa shape index (κ2) is 6.59. The third-order valence-electron chi connectivity index (χ3n) is 3.81. The number of thiophene rings is 1. The van der Waals surface area contributed by atoms with E-state index in [1.165, 1.54) is 28.2 Å². The zero-order chi connectivity index (χ0) is 17.4. The molecular formula is C19H13ClN2OS2. The molecule has 0 aliphatic carbocycles. The molecule has 1 amide bonds. The van der Waals surface area contributed by atoms with Crippen molar-refractivity contribution >= 4 is 55.4 Å². The zero-order valence-electron chi connectivity index (χ0n) is 13.2. The molecule has 2 heterocycles. The van der Waals surface area contributed by atoms with Gasteiger partial charge in [0.25, 0.3) is 5.91 Å². The molecule has 124 valence electrons. The van der Waals surface area contributed by atoms with Crippen LogP contribution in [0.25, 0.3) is 21.3 Å². The van der Waals surface area contributed by atoms with E-state index in [2.05, 4.69) is 10.3 Å². The molecule has 0 bridgehead atoms. The third-order valence-corrected chi connectivity index (χ3v) is 6.25. The lowest BCUT2D eigenvalue weighted by molar-refractivity contribution is 0.103. The highest BCUT2D eigenvalue weighted by Gasteiger charge is 2.18. The minimum atomic E-state index is -0.226. The number of halogens is 1. The van der Waals surface area contributed by atoms with E-state index in [4.69, 9.17) is 11.6 Å². The van der Waals surface area contributed by atoms with Crippen LogP contribution in [0, 0.1) is 6.92 Å². The first-order valence-corrected chi connectivity index (χ1v) is 9.70. The van der Waals surface area contributed by atoms with Gasteiger partial charge < -0.3 is 0 Å². The molecule has 0 aliphatic heterocycles. The summed E-state index contributed by atoms with van der Waals surface area (Å²) in [5.74, 6) is -0.226. The SMILES string of the molecule is Cc1ccc(-c2csc(NC(=O)c3sc4ccccc4c3Cl)n2)cc1. The Morgan fingerprint density at radius 2 is 1.88 bits per heavy atom. The molecule has 1 N–H and O–H groups in total. The van der Waals surface area contributed by atoms with Crippen molar-refractivity contribution in [3.8, 4) is 11.3 Å². The summed E-state index contributed by atoms with van der Waals surface area (Å²) in [6.07, 6.45) is 0. The van der Waals surface area contributed by atoms with Gasteiger partial charge in [0.2, 0.25) is 0 Å². The number of carbonyl (C=O) groups excluding carboxylic acids is 1. The molecule has 0 radical (unpaired) electrons. The van der Waals surface area contributed by atoms with Crippen molar-refractivity contribution in [1.29, 1.82) is 0 Å². The molecule has 25 heavy (non-hydrogen) atoms. The summed E-state index contributed by atoms with van der Waals surface area (Å²) < 4.78 is 0.997. The summed E-state index contributed by atoms with van der Waals surface area (Å²) in [5.41, 5.74) is 3.08. The minimum Gasteiger partial charge on any atom is -0.297 e. The van der Waals surface area contributed by atoms with Crippen LogP contribution in [0.1, 0.15) is 15.2 Å². The zero-order valence-corrected chi connectivity index (χ0v) is 15.6. The summed E-state index contributed by atoms with van der Waals surface area (Å²) in [6.45, 7) is 2.05. The van der Waals surface area contributed by atoms with E-state index in [1.807, 2.05) is 60.8 Å². The highest BCUT2D eigenvalue weighted by atomic mass is 35.5. The van der Waals surface area contributed by atoms with Crippen LogP contribution in [0.2, 0.25) is 5.02 Å². The second-order valence-corrected chi connectivity index (χ2v) is 7.89. The number of fused-ring (bicyclic) bond motifs is 1. The fourth-order valence-corrected chi connectivity index (χ4v) is 4.63. The normalized spacial score (nSPS) is 11.0. The maximum Gasteiger partial charge on any atom is 0.269 e. The van der Waals surface area contributed by atoms with Crippen LogP contribution in [0.3, 0.4) is 0 Å². The number of anilines is 1. The van der Waals surface area contributed by atoms with E-state index >= 15 is 0 Å². The molecule has 6 heteroatoms. The number of hydrogen-bond acceptors (Lipinski definition) is 4. The summed E-state index contributed by atoms with van der Waals surface area (Å²) in [6, 6.07) is 15.9. The number of amides is 1. The van der Waals surface area contributed by atoms with Gasteiger partial charge in [0.05, 0.1) is 10.7 Å². The van der Waals surface area contributed by atoms with Gasteiger partial charge in [-0.05, 0) is 13.0 Å². The number of aryl methyl sites for hydroxylation is 1. The molecule has 0 saturated carbocycles.